The molecule has 25 heavy (non-hydrogen) atoms. The average molecular weight is 330 g/mol. The van der Waals surface area contributed by atoms with Crippen LogP contribution in [0.25, 0.3) is 0 Å². The van der Waals surface area contributed by atoms with E-state index >= 15 is 0 Å². The molecular weight excluding hydrogens is 308 g/mol. The molecule has 0 saturated carbocycles. The molecule has 0 aliphatic carbocycles. The number of rotatable bonds is 6. The Bertz CT molecular complexity index is 701. The molecule has 0 spiro atoms. The number of benzene rings is 3. The fraction of sp³-hybridized carbons (Fsp3) is 0.130. The zero-order chi connectivity index (χ0) is 17.7. The molecule has 0 fully saturated rings. The molecule has 0 aromatic heterocycles. The molecule has 2 nitrogen and oxygen atoms in total. The van der Waals surface area contributed by atoms with E-state index in [0.29, 0.717) is 0 Å². The molecule has 0 amide bonds. The second-order valence-corrected chi connectivity index (χ2v) is 6.08. The predicted octanol–water partition coefficient (Wildman–Crippen LogP) is 3.93. The van der Waals surface area contributed by atoms with Crippen LogP contribution in [-0.2, 0) is 5.41 Å². The van der Waals surface area contributed by atoms with Crippen LogP contribution in [0.3, 0.4) is 0 Å². The Hall–Kier alpha value is -2.68. The van der Waals surface area contributed by atoms with Gasteiger partial charge < -0.3 is 10.2 Å². The van der Waals surface area contributed by atoms with E-state index in [2.05, 4.69) is 6.58 Å². The number of aliphatic hydroxyl groups is 2. The van der Waals surface area contributed by atoms with Gasteiger partial charge in [-0.3, -0.25) is 0 Å². The Morgan fingerprint density at radius 2 is 0.960 bits per heavy atom. The van der Waals surface area contributed by atoms with Crippen LogP contribution in [-0.4, -0.2) is 22.4 Å². The maximum Gasteiger partial charge on any atom is 0.101 e. The summed E-state index contributed by atoms with van der Waals surface area (Å²) in [5, 5.41) is 21.7. The molecule has 2 atom stereocenters. The highest BCUT2D eigenvalue weighted by atomic mass is 16.3. The third-order valence-corrected chi connectivity index (χ3v) is 4.70. The van der Waals surface area contributed by atoms with Crippen molar-refractivity contribution in [2.24, 2.45) is 0 Å². The summed E-state index contributed by atoms with van der Waals surface area (Å²) in [6.45, 7) is 3.67. The Morgan fingerprint density at radius 1 is 0.640 bits per heavy atom. The summed E-state index contributed by atoms with van der Waals surface area (Å²) in [5.74, 6) is 0. The lowest BCUT2D eigenvalue weighted by Gasteiger charge is -2.41. The zero-order valence-corrected chi connectivity index (χ0v) is 14.0. The first-order valence-corrected chi connectivity index (χ1v) is 8.36. The molecule has 3 rings (SSSR count). The number of hydrogen-bond donors (Lipinski definition) is 2. The van der Waals surface area contributed by atoms with Gasteiger partial charge in [0.25, 0.3) is 0 Å². The molecule has 0 aliphatic rings. The van der Waals surface area contributed by atoms with Crippen LogP contribution in [0.2, 0.25) is 0 Å². The van der Waals surface area contributed by atoms with Gasteiger partial charge in [0, 0.05) is 0 Å². The van der Waals surface area contributed by atoms with E-state index < -0.39 is 17.6 Å². The molecule has 0 heterocycles. The van der Waals surface area contributed by atoms with Gasteiger partial charge in [-0.15, -0.1) is 6.58 Å². The van der Waals surface area contributed by atoms with Crippen molar-refractivity contribution >= 4 is 0 Å². The van der Waals surface area contributed by atoms with Crippen molar-refractivity contribution in [2.45, 2.75) is 17.6 Å². The Morgan fingerprint density at radius 3 is 1.24 bits per heavy atom. The van der Waals surface area contributed by atoms with Gasteiger partial charge in [-0.25, -0.2) is 0 Å². The number of hydrogen-bond acceptors (Lipinski definition) is 2. The first kappa shape index (κ1) is 17.2. The minimum Gasteiger partial charge on any atom is -0.388 e. The normalized spacial score (nSPS) is 13.8. The summed E-state index contributed by atoms with van der Waals surface area (Å²) in [4.78, 5) is 0. The van der Waals surface area contributed by atoms with E-state index in [-0.39, 0.29) is 0 Å². The van der Waals surface area contributed by atoms with E-state index in [1.807, 2.05) is 91.0 Å². The summed E-state index contributed by atoms with van der Waals surface area (Å²) >= 11 is 0. The minimum absolute atomic E-state index is 0.905. The van der Waals surface area contributed by atoms with Crippen LogP contribution in [0.4, 0.5) is 0 Å². The Balaban J connectivity index is 2.38. The SMILES string of the molecule is C=CC(O)C(O)C(c1ccccc1)(c1ccccc1)c1ccccc1. The van der Waals surface area contributed by atoms with Crippen molar-refractivity contribution in [2.75, 3.05) is 0 Å². The topological polar surface area (TPSA) is 40.5 Å². The van der Waals surface area contributed by atoms with E-state index in [1.165, 1.54) is 6.08 Å². The van der Waals surface area contributed by atoms with Crippen molar-refractivity contribution in [3.8, 4) is 0 Å². The van der Waals surface area contributed by atoms with Gasteiger partial charge in [-0.1, -0.05) is 97.1 Å². The molecule has 0 aliphatic heterocycles. The predicted molar refractivity (Wildman–Crippen MR) is 101 cm³/mol. The van der Waals surface area contributed by atoms with Crippen molar-refractivity contribution in [1.82, 2.24) is 0 Å². The molecule has 3 aromatic carbocycles. The lowest BCUT2D eigenvalue weighted by molar-refractivity contribution is 0.0160. The average Bonchev–Trinajstić information content (AvgIpc) is 2.70. The molecule has 0 bridgehead atoms. The van der Waals surface area contributed by atoms with Gasteiger partial charge in [0.15, 0.2) is 0 Å². The Labute approximate surface area is 148 Å². The third kappa shape index (κ3) is 3.02. The standard InChI is InChI=1S/C23H22O2/c1-2-21(24)22(25)23(18-12-6-3-7-13-18,19-14-8-4-9-15-19)20-16-10-5-11-17-20/h2-17,21-22,24-25H,1H2. The lowest BCUT2D eigenvalue weighted by Crippen LogP contribution is -2.47. The van der Waals surface area contributed by atoms with Crippen LogP contribution in [0.5, 0.6) is 0 Å². The number of aliphatic hydroxyl groups excluding tert-OH is 2. The Kier molecular flexibility index (Phi) is 5.13. The van der Waals surface area contributed by atoms with Gasteiger partial charge in [0.1, 0.15) is 6.10 Å². The van der Waals surface area contributed by atoms with Gasteiger partial charge in [0.2, 0.25) is 0 Å². The third-order valence-electron chi connectivity index (χ3n) is 4.70. The van der Waals surface area contributed by atoms with E-state index in [9.17, 15) is 10.2 Å². The van der Waals surface area contributed by atoms with Crippen LogP contribution >= 0.6 is 0 Å². The van der Waals surface area contributed by atoms with Crippen LogP contribution in [0.15, 0.2) is 104 Å². The van der Waals surface area contributed by atoms with Gasteiger partial charge >= 0.3 is 0 Å². The fourth-order valence-electron chi connectivity index (χ4n) is 3.50. The molecule has 2 heteroatoms. The van der Waals surface area contributed by atoms with Gasteiger partial charge in [0.05, 0.1) is 11.5 Å². The molecule has 2 unspecified atom stereocenters. The quantitative estimate of drug-likeness (QED) is 0.531. The molecule has 0 radical (unpaired) electrons. The highest BCUT2D eigenvalue weighted by Crippen LogP contribution is 2.43. The monoisotopic (exact) mass is 330 g/mol. The maximum absolute atomic E-state index is 11.3. The first-order valence-electron chi connectivity index (χ1n) is 8.36. The summed E-state index contributed by atoms with van der Waals surface area (Å²) in [6, 6.07) is 29.4. The summed E-state index contributed by atoms with van der Waals surface area (Å²) in [5.41, 5.74) is 1.85. The van der Waals surface area contributed by atoms with Crippen molar-refractivity contribution in [3.05, 3.63) is 120 Å². The van der Waals surface area contributed by atoms with E-state index in [1.54, 1.807) is 0 Å². The second kappa shape index (κ2) is 7.47. The van der Waals surface area contributed by atoms with Crippen molar-refractivity contribution in [3.63, 3.8) is 0 Å². The van der Waals surface area contributed by atoms with Gasteiger partial charge in [-0.2, -0.15) is 0 Å². The summed E-state index contributed by atoms with van der Waals surface area (Å²) < 4.78 is 0. The second-order valence-electron chi connectivity index (χ2n) is 6.08. The maximum atomic E-state index is 11.3. The first-order chi connectivity index (χ1) is 12.2. The highest BCUT2D eigenvalue weighted by molar-refractivity contribution is 5.52. The zero-order valence-electron chi connectivity index (χ0n) is 14.0. The summed E-state index contributed by atoms with van der Waals surface area (Å²) in [6.07, 6.45) is -0.772. The smallest absolute Gasteiger partial charge is 0.101 e. The highest BCUT2D eigenvalue weighted by Gasteiger charge is 2.45. The molecule has 3 aromatic rings. The lowest BCUT2D eigenvalue weighted by atomic mass is 9.64. The largest absolute Gasteiger partial charge is 0.388 e. The molecular formula is C23H22O2. The van der Waals surface area contributed by atoms with Gasteiger partial charge in [-0.05, 0) is 16.7 Å². The fourth-order valence-corrected chi connectivity index (χ4v) is 3.50. The summed E-state index contributed by atoms with van der Waals surface area (Å²) in [7, 11) is 0. The van der Waals surface area contributed by atoms with E-state index in [0.717, 1.165) is 16.7 Å². The molecule has 2 N–H and O–H groups in total. The van der Waals surface area contributed by atoms with Crippen LogP contribution in [0.1, 0.15) is 16.7 Å². The molecule has 0 saturated heterocycles. The van der Waals surface area contributed by atoms with Crippen LogP contribution in [0, 0.1) is 0 Å². The van der Waals surface area contributed by atoms with Crippen molar-refractivity contribution < 1.29 is 10.2 Å². The van der Waals surface area contributed by atoms with E-state index in [4.69, 9.17) is 0 Å². The van der Waals surface area contributed by atoms with Crippen molar-refractivity contribution in [1.29, 1.82) is 0 Å². The van der Waals surface area contributed by atoms with Crippen LogP contribution < -0.4 is 0 Å². The molecule has 126 valence electrons. The minimum atomic E-state index is -1.09.